The van der Waals surface area contributed by atoms with E-state index in [2.05, 4.69) is 215 Å². The van der Waals surface area contributed by atoms with Crippen LogP contribution in [0.3, 0.4) is 0 Å². The SMILES string of the molecule is c1ccc2cc(-c3cc(-c4ccc(-n5c6ccccc6c6ccccc65)cc4)cc(-c4ccc(-n5c6ccccc6c6ccccc65)cc4)c3)ccc2c1. The lowest BCUT2D eigenvalue weighted by molar-refractivity contribution is 1.18. The minimum atomic E-state index is 1.16. The van der Waals surface area contributed by atoms with Crippen LogP contribution < -0.4 is 0 Å². The van der Waals surface area contributed by atoms with Gasteiger partial charge in [0.1, 0.15) is 0 Å². The third-order valence-corrected chi connectivity index (χ3v) is 11.1. The molecule has 0 aliphatic carbocycles. The molecule has 0 atom stereocenters. The summed E-state index contributed by atoms with van der Waals surface area (Å²) < 4.78 is 4.76. The van der Waals surface area contributed by atoms with E-state index in [1.807, 2.05) is 0 Å². The second-order valence-electron chi connectivity index (χ2n) is 14.2. The van der Waals surface area contributed by atoms with Crippen LogP contribution in [0.5, 0.6) is 0 Å². The first kappa shape index (κ1) is 30.5. The highest BCUT2D eigenvalue weighted by molar-refractivity contribution is 6.10. The zero-order valence-electron chi connectivity index (χ0n) is 29.5. The Bertz CT molecular complexity index is 2910. The lowest BCUT2D eigenvalue weighted by Gasteiger charge is -2.14. The molecule has 0 fully saturated rings. The van der Waals surface area contributed by atoms with Crippen molar-refractivity contribution in [1.29, 1.82) is 0 Å². The van der Waals surface area contributed by atoms with E-state index in [0.717, 1.165) is 11.4 Å². The summed E-state index contributed by atoms with van der Waals surface area (Å²) in [6.07, 6.45) is 0. The molecule has 0 aliphatic rings. The van der Waals surface area contributed by atoms with Gasteiger partial charge in [-0.15, -0.1) is 0 Å². The predicted molar refractivity (Wildman–Crippen MR) is 229 cm³/mol. The maximum Gasteiger partial charge on any atom is 0.0541 e. The van der Waals surface area contributed by atoms with Crippen molar-refractivity contribution in [3.05, 3.63) is 206 Å². The molecule has 0 aliphatic heterocycles. The fraction of sp³-hybridized carbons (Fsp3) is 0. The summed E-state index contributed by atoms with van der Waals surface area (Å²) in [6, 6.07) is 75.3. The molecule has 54 heavy (non-hydrogen) atoms. The molecule has 2 aromatic heterocycles. The van der Waals surface area contributed by atoms with Crippen molar-refractivity contribution in [1.82, 2.24) is 9.13 Å². The van der Waals surface area contributed by atoms with E-state index in [0.29, 0.717) is 0 Å². The molecule has 2 nitrogen and oxygen atoms in total. The number of fused-ring (bicyclic) bond motifs is 7. The number of hydrogen-bond donors (Lipinski definition) is 0. The van der Waals surface area contributed by atoms with Gasteiger partial charge in [-0.3, -0.25) is 0 Å². The van der Waals surface area contributed by atoms with Gasteiger partial charge in [-0.1, -0.05) is 133 Å². The number of rotatable bonds is 5. The summed E-state index contributed by atoms with van der Waals surface area (Å²) >= 11 is 0. The average molecular weight is 687 g/mol. The zero-order chi connectivity index (χ0) is 35.6. The van der Waals surface area contributed by atoms with Crippen LogP contribution in [0.25, 0.3) is 99.1 Å². The number of nitrogens with zero attached hydrogens (tertiary/aromatic N) is 2. The van der Waals surface area contributed by atoms with Gasteiger partial charge in [0, 0.05) is 32.9 Å². The van der Waals surface area contributed by atoms with Gasteiger partial charge >= 0.3 is 0 Å². The standard InChI is InChI=1S/C52H34N2/c1-2-12-38-31-39(22-21-35(38)11-1)42-33-40(36-23-27-43(28-24-36)53-49-17-7-3-13-45(49)46-14-4-8-18-50(46)53)32-41(34-42)37-25-29-44(30-26-37)54-51-19-9-5-15-47(51)48-16-6-10-20-52(48)54/h1-34H. The maximum atomic E-state index is 2.38. The molecule has 0 unspecified atom stereocenters. The topological polar surface area (TPSA) is 9.86 Å². The Hall–Kier alpha value is -7.16. The highest BCUT2D eigenvalue weighted by Gasteiger charge is 2.15. The average Bonchev–Trinajstić information content (AvgIpc) is 3.77. The summed E-state index contributed by atoms with van der Waals surface area (Å²) in [5.41, 5.74) is 14.3. The second kappa shape index (κ2) is 12.2. The van der Waals surface area contributed by atoms with Gasteiger partial charge in [0.05, 0.1) is 22.1 Å². The molecular formula is C52H34N2. The highest BCUT2D eigenvalue weighted by atomic mass is 15.0. The van der Waals surface area contributed by atoms with Crippen LogP contribution in [0.2, 0.25) is 0 Å². The van der Waals surface area contributed by atoms with Crippen molar-refractivity contribution >= 4 is 54.4 Å². The van der Waals surface area contributed by atoms with Crippen LogP contribution in [0.15, 0.2) is 206 Å². The molecule has 0 spiro atoms. The van der Waals surface area contributed by atoms with Gasteiger partial charge in [0.15, 0.2) is 0 Å². The lowest BCUT2D eigenvalue weighted by atomic mass is 9.92. The molecule has 9 aromatic carbocycles. The Balaban J connectivity index is 1.04. The summed E-state index contributed by atoms with van der Waals surface area (Å²) in [5, 5.41) is 7.58. The van der Waals surface area contributed by atoms with E-state index in [1.165, 1.54) is 87.8 Å². The van der Waals surface area contributed by atoms with Crippen LogP contribution in [-0.4, -0.2) is 9.13 Å². The van der Waals surface area contributed by atoms with E-state index < -0.39 is 0 Å². The highest BCUT2D eigenvalue weighted by Crippen LogP contribution is 2.37. The van der Waals surface area contributed by atoms with Crippen molar-refractivity contribution in [2.75, 3.05) is 0 Å². The number of para-hydroxylation sites is 4. The Morgan fingerprint density at radius 2 is 0.556 bits per heavy atom. The second-order valence-corrected chi connectivity index (χ2v) is 14.2. The normalized spacial score (nSPS) is 11.7. The molecular weight excluding hydrogens is 653 g/mol. The number of aromatic nitrogens is 2. The van der Waals surface area contributed by atoms with E-state index in [1.54, 1.807) is 0 Å². The van der Waals surface area contributed by atoms with Crippen LogP contribution >= 0.6 is 0 Å². The molecule has 2 heteroatoms. The molecule has 0 saturated carbocycles. The van der Waals surface area contributed by atoms with Crippen LogP contribution in [-0.2, 0) is 0 Å². The first-order valence-corrected chi connectivity index (χ1v) is 18.6. The predicted octanol–water partition coefficient (Wildman–Crippen LogP) is 14.0. The van der Waals surface area contributed by atoms with Crippen LogP contribution in [0.4, 0.5) is 0 Å². The summed E-state index contributed by atoms with van der Waals surface area (Å²) in [4.78, 5) is 0. The molecule has 0 bridgehead atoms. The Morgan fingerprint density at radius 1 is 0.222 bits per heavy atom. The van der Waals surface area contributed by atoms with Gasteiger partial charge in [0.25, 0.3) is 0 Å². The van der Waals surface area contributed by atoms with Crippen LogP contribution in [0.1, 0.15) is 0 Å². The van der Waals surface area contributed by atoms with Gasteiger partial charge in [-0.2, -0.15) is 0 Å². The Kier molecular flexibility index (Phi) is 6.90. The Morgan fingerprint density at radius 3 is 0.981 bits per heavy atom. The third kappa shape index (κ3) is 4.88. The van der Waals surface area contributed by atoms with E-state index >= 15 is 0 Å². The van der Waals surface area contributed by atoms with Crippen molar-refractivity contribution < 1.29 is 0 Å². The van der Waals surface area contributed by atoms with Crippen molar-refractivity contribution in [3.8, 4) is 44.8 Å². The number of hydrogen-bond acceptors (Lipinski definition) is 0. The Labute approximate surface area is 313 Å². The lowest BCUT2D eigenvalue weighted by Crippen LogP contribution is -1.94. The van der Waals surface area contributed by atoms with Gasteiger partial charge in [0.2, 0.25) is 0 Å². The smallest absolute Gasteiger partial charge is 0.0541 e. The molecule has 11 aromatic rings. The first-order chi connectivity index (χ1) is 26.8. The van der Waals surface area contributed by atoms with Gasteiger partial charge in [-0.05, 0) is 117 Å². The monoisotopic (exact) mass is 686 g/mol. The van der Waals surface area contributed by atoms with Gasteiger partial charge < -0.3 is 9.13 Å². The summed E-state index contributed by atoms with van der Waals surface area (Å²) in [7, 11) is 0. The minimum Gasteiger partial charge on any atom is -0.309 e. The molecule has 2 heterocycles. The largest absolute Gasteiger partial charge is 0.309 e. The fourth-order valence-electron chi connectivity index (χ4n) is 8.50. The molecule has 252 valence electrons. The minimum absolute atomic E-state index is 1.16. The molecule has 0 N–H and O–H groups in total. The van der Waals surface area contributed by atoms with E-state index in [4.69, 9.17) is 0 Å². The summed E-state index contributed by atoms with van der Waals surface area (Å²) in [6.45, 7) is 0. The van der Waals surface area contributed by atoms with Gasteiger partial charge in [-0.25, -0.2) is 0 Å². The zero-order valence-corrected chi connectivity index (χ0v) is 29.5. The molecule has 0 radical (unpaired) electrons. The maximum absolute atomic E-state index is 2.38. The molecule has 0 amide bonds. The molecule has 0 saturated heterocycles. The quantitative estimate of drug-likeness (QED) is 0.171. The fourth-order valence-corrected chi connectivity index (χ4v) is 8.50. The first-order valence-electron chi connectivity index (χ1n) is 18.6. The van der Waals surface area contributed by atoms with E-state index in [-0.39, 0.29) is 0 Å². The van der Waals surface area contributed by atoms with Crippen LogP contribution in [0, 0.1) is 0 Å². The summed E-state index contributed by atoms with van der Waals surface area (Å²) in [5.74, 6) is 0. The molecule has 11 rings (SSSR count). The van der Waals surface area contributed by atoms with Crippen molar-refractivity contribution in [2.24, 2.45) is 0 Å². The number of benzene rings is 9. The van der Waals surface area contributed by atoms with E-state index in [9.17, 15) is 0 Å². The van der Waals surface area contributed by atoms with Crippen molar-refractivity contribution in [2.45, 2.75) is 0 Å². The van der Waals surface area contributed by atoms with Crippen molar-refractivity contribution in [3.63, 3.8) is 0 Å². The third-order valence-electron chi connectivity index (χ3n) is 11.1.